The molecule has 0 amide bonds. The summed E-state index contributed by atoms with van der Waals surface area (Å²) in [6.45, 7) is 8.06. The molecule has 0 saturated heterocycles. The van der Waals surface area contributed by atoms with Crippen LogP contribution in [0.4, 0.5) is 0 Å². The van der Waals surface area contributed by atoms with Crippen molar-refractivity contribution in [3.8, 4) is 0 Å². The highest BCUT2D eigenvalue weighted by Gasteiger charge is 2.02. The molecule has 100 valence electrons. The number of benzene rings is 1. The summed E-state index contributed by atoms with van der Waals surface area (Å²) < 4.78 is 5.71. The van der Waals surface area contributed by atoms with Gasteiger partial charge in [-0.2, -0.15) is 0 Å². The molecular formula is C16H25NO. The fraction of sp³-hybridized carbons (Fsp3) is 0.500. The molecule has 2 heteroatoms. The lowest BCUT2D eigenvalue weighted by Gasteiger charge is -2.16. The highest BCUT2D eigenvalue weighted by molar-refractivity contribution is 5.48. The number of nitrogens with one attached hydrogen (secondary N) is 1. The predicted molar refractivity (Wildman–Crippen MR) is 78.6 cm³/mol. The molecule has 2 unspecified atom stereocenters. The first kappa shape index (κ1) is 14.9. The zero-order valence-electron chi connectivity index (χ0n) is 11.7. The zero-order valence-corrected chi connectivity index (χ0v) is 11.7. The summed E-state index contributed by atoms with van der Waals surface area (Å²) in [7, 11) is 0. The van der Waals surface area contributed by atoms with Gasteiger partial charge in [-0.1, -0.05) is 49.4 Å². The minimum absolute atomic E-state index is 0.249. The monoisotopic (exact) mass is 247 g/mol. The molecule has 0 spiro atoms. The van der Waals surface area contributed by atoms with E-state index < -0.39 is 0 Å². The molecule has 0 fully saturated rings. The molecule has 1 rings (SSSR count). The normalized spacial score (nSPS) is 14.8. The lowest BCUT2D eigenvalue weighted by Crippen LogP contribution is -2.33. The van der Waals surface area contributed by atoms with Crippen LogP contribution in [0.15, 0.2) is 36.4 Å². The molecule has 1 N–H and O–H groups in total. The Morgan fingerprint density at radius 2 is 1.94 bits per heavy atom. The van der Waals surface area contributed by atoms with Crippen LogP contribution in [0, 0.1) is 0 Å². The topological polar surface area (TPSA) is 21.3 Å². The number of hydrogen-bond donors (Lipinski definition) is 1. The first-order valence-electron chi connectivity index (χ1n) is 6.79. The Balaban J connectivity index is 2.15. The quantitative estimate of drug-likeness (QED) is 0.759. The van der Waals surface area contributed by atoms with Crippen LogP contribution in [-0.2, 0) is 4.74 Å². The number of rotatable bonds is 8. The van der Waals surface area contributed by atoms with Crippen molar-refractivity contribution in [2.75, 3.05) is 13.2 Å². The second-order valence-corrected chi connectivity index (χ2v) is 4.67. The van der Waals surface area contributed by atoms with Crippen molar-refractivity contribution in [2.45, 2.75) is 39.3 Å². The Morgan fingerprint density at radius 3 is 2.61 bits per heavy atom. The molecule has 0 saturated carbocycles. The lowest BCUT2D eigenvalue weighted by atomic mass is 10.2. The van der Waals surface area contributed by atoms with Crippen LogP contribution >= 0.6 is 0 Å². The van der Waals surface area contributed by atoms with E-state index in [0.29, 0.717) is 12.6 Å². The van der Waals surface area contributed by atoms with Gasteiger partial charge in [0.05, 0.1) is 12.7 Å². The van der Waals surface area contributed by atoms with Gasteiger partial charge in [0.25, 0.3) is 0 Å². The van der Waals surface area contributed by atoms with E-state index in [0.717, 1.165) is 13.0 Å². The van der Waals surface area contributed by atoms with E-state index in [1.807, 2.05) is 18.2 Å². The summed E-state index contributed by atoms with van der Waals surface area (Å²) in [4.78, 5) is 0. The summed E-state index contributed by atoms with van der Waals surface area (Å²) in [5.41, 5.74) is 1.21. The predicted octanol–water partition coefficient (Wildman–Crippen LogP) is 3.49. The molecule has 1 aromatic rings. The average molecular weight is 247 g/mol. The Bertz CT molecular complexity index is 334. The van der Waals surface area contributed by atoms with Gasteiger partial charge in [0.2, 0.25) is 0 Å². The van der Waals surface area contributed by atoms with E-state index in [2.05, 4.69) is 50.4 Å². The van der Waals surface area contributed by atoms with Crippen LogP contribution in [0.3, 0.4) is 0 Å². The third kappa shape index (κ3) is 6.58. The Morgan fingerprint density at radius 1 is 1.22 bits per heavy atom. The van der Waals surface area contributed by atoms with Crippen molar-refractivity contribution in [1.29, 1.82) is 0 Å². The minimum Gasteiger partial charge on any atom is -0.373 e. The van der Waals surface area contributed by atoms with Crippen molar-refractivity contribution in [3.63, 3.8) is 0 Å². The van der Waals surface area contributed by atoms with E-state index in [1.165, 1.54) is 5.56 Å². The third-order valence-electron chi connectivity index (χ3n) is 2.95. The molecule has 0 radical (unpaired) electrons. The zero-order chi connectivity index (χ0) is 13.2. The molecule has 0 aliphatic carbocycles. The average Bonchev–Trinajstić information content (AvgIpc) is 2.42. The van der Waals surface area contributed by atoms with Gasteiger partial charge in [-0.15, -0.1) is 0 Å². The molecular weight excluding hydrogens is 222 g/mol. The first-order valence-corrected chi connectivity index (χ1v) is 6.79. The Hall–Kier alpha value is -1.12. The number of hydrogen-bond acceptors (Lipinski definition) is 2. The molecule has 0 aliphatic rings. The highest BCUT2D eigenvalue weighted by atomic mass is 16.5. The molecule has 2 atom stereocenters. The lowest BCUT2D eigenvalue weighted by molar-refractivity contribution is 0.0861. The van der Waals surface area contributed by atoms with E-state index in [9.17, 15) is 0 Å². The van der Waals surface area contributed by atoms with Crippen LogP contribution in [0.2, 0.25) is 0 Å². The van der Waals surface area contributed by atoms with Gasteiger partial charge < -0.3 is 10.1 Å². The summed E-state index contributed by atoms with van der Waals surface area (Å²) in [6, 6.07) is 10.8. The summed E-state index contributed by atoms with van der Waals surface area (Å²) in [6.07, 6.45) is 5.56. The standard InChI is InChI=1S/C16H25NO/c1-4-14(2)17-13-15(3)18-12-8-11-16-9-6-5-7-10-16/h5-11,14-15,17H,4,12-13H2,1-3H3. The SMILES string of the molecule is CCC(C)NCC(C)OCC=Cc1ccccc1. The molecule has 2 nitrogen and oxygen atoms in total. The van der Waals surface area contributed by atoms with Crippen molar-refractivity contribution in [3.05, 3.63) is 42.0 Å². The fourth-order valence-corrected chi connectivity index (χ4v) is 1.54. The Labute approximate surface area is 111 Å². The van der Waals surface area contributed by atoms with E-state index in [1.54, 1.807) is 0 Å². The maximum absolute atomic E-state index is 5.71. The van der Waals surface area contributed by atoms with Crippen LogP contribution < -0.4 is 5.32 Å². The van der Waals surface area contributed by atoms with Gasteiger partial charge in [0, 0.05) is 12.6 Å². The van der Waals surface area contributed by atoms with Crippen molar-refractivity contribution in [1.82, 2.24) is 5.32 Å². The van der Waals surface area contributed by atoms with Gasteiger partial charge in [-0.25, -0.2) is 0 Å². The van der Waals surface area contributed by atoms with Crippen molar-refractivity contribution < 1.29 is 4.74 Å². The first-order chi connectivity index (χ1) is 8.72. The van der Waals surface area contributed by atoms with E-state index >= 15 is 0 Å². The van der Waals surface area contributed by atoms with Crippen LogP contribution in [0.5, 0.6) is 0 Å². The van der Waals surface area contributed by atoms with Gasteiger partial charge in [0.15, 0.2) is 0 Å². The van der Waals surface area contributed by atoms with Gasteiger partial charge in [-0.3, -0.25) is 0 Å². The minimum atomic E-state index is 0.249. The van der Waals surface area contributed by atoms with Crippen LogP contribution in [0.25, 0.3) is 6.08 Å². The smallest absolute Gasteiger partial charge is 0.0675 e. The van der Waals surface area contributed by atoms with E-state index in [4.69, 9.17) is 4.74 Å². The summed E-state index contributed by atoms with van der Waals surface area (Å²) >= 11 is 0. The maximum Gasteiger partial charge on any atom is 0.0675 e. The molecule has 0 aromatic heterocycles. The van der Waals surface area contributed by atoms with Gasteiger partial charge >= 0.3 is 0 Å². The summed E-state index contributed by atoms with van der Waals surface area (Å²) in [5.74, 6) is 0. The second-order valence-electron chi connectivity index (χ2n) is 4.67. The molecule has 0 heterocycles. The second kappa shape index (κ2) is 8.90. The van der Waals surface area contributed by atoms with Crippen LogP contribution in [-0.4, -0.2) is 25.3 Å². The molecule has 18 heavy (non-hydrogen) atoms. The summed E-state index contributed by atoms with van der Waals surface area (Å²) in [5, 5.41) is 3.44. The van der Waals surface area contributed by atoms with Gasteiger partial charge in [0.1, 0.15) is 0 Å². The fourth-order valence-electron chi connectivity index (χ4n) is 1.54. The highest BCUT2D eigenvalue weighted by Crippen LogP contribution is 2.01. The Kier molecular flexibility index (Phi) is 7.38. The van der Waals surface area contributed by atoms with Gasteiger partial charge in [-0.05, 0) is 25.8 Å². The third-order valence-corrected chi connectivity index (χ3v) is 2.95. The number of ether oxygens (including phenoxy) is 1. The van der Waals surface area contributed by atoms with Crippen molar-refractivity contribution >= 4 is 6.08 Å². The maximum atomic E-state index is 5.71. The van der Waals surface area contributed by atoms with E-state index in [-0.39, 0.29) is 6.10 Å². The molecule has 0 bridgehead atoms. The molecule has 1 aromatic carbocycles. The largest absolute Gasteiger partial charge is 0.373 e. The van der Waals surface area contributed by atoms with Crippen LogP contribution in [0.1, 0.15) is 32.8 Å². The molecule has 0 aliphatic heterocycles. The van der Waals surface area contributed by atoms with Crippen molar-refractivity contribution in [2.24, 2.45) is 0 Å².